The minimum absolute atomic E-state index is 0.522. The zero-order valence-corrected chi connectivity index (χ0v) is 19.2. The van der Waals surface area contributed by atoms with E-state index in [0.717, 1.165) is 40.2 Å². The van der Waals surface area contributed by atoms with E-state index in [1.807, 2.05) is 23.9 Å². The Balaban J connectivity index is 1.38. The number of nitrogens with two attached hydrogens (primary N) is 1. The quantitative estimate of drug-likeness (QED) is 0.429. The van der Waals surface area contributed by atoms with E-state index >= 15 is 0 Å². The molecule has 2 aromatic carbocycles. The van der Waals surface area contributed by atoms with Gasteiger partial charge in [0.2, 0.25) is 0 Å². The monoisotopic (exact) mass is 443 g/mol. The number of hydrogen-bond donors (Lipinski definition) is 1. The topological polar surface area (TPSA) is 60.0 Å². The molecular formula is C26H29N5S. The molecule has 1 aliphatic carbocycles. The highest BCUT2D eigenvalue weighted by Crippen LogP contribution is 2.39. The van der Waals surface area contributed by atoms with Crippen molar-refractivity contribution in [3.05, 3.63) is 59.7 Å². The summed E-state index contributed by atoms with van der Waals surface area (Å²) < 4.78 is 2.37. The molecule has 0 radical (unpaired) electrons. The number of thioether (sulfide) groups is 1. The van der Waals surface area contributed by atoms with Gasteiger partial charge >= 0.3 is 0 Å². The predicted octanol–water partition coefficient (Wildman–Crippen LogP) is 5.46. The first-order chi connectivity index (χ1) is 15.7. The molecule has 0 spiro atoms. The first kappa shape index (κ1) is 20.1. The summed E-state index contributed by atoms with van der Waals surface area (Å²) in [7, 11) is 0. The van der Waals surface area contributed by atoms with Gasteiger partial charge in [-0.1, -0.05) is 60.6 Å². The Hall–Kier alpha value is -2.57. The second-order valence-electron chi connectivity index (χ2n) is 9.16. The number of fused-ring (bicyclic) bond motifs is 3. The number of imidazole rings is 1. The van der Waals surface area contributed by atoms with Crippen molar-refractivity contribution in [3.63, 3.8) is 0 Å². The molecule has 2 N–H and O–H groups in total. The fourth-order valence-electron chi connectivity index (χ4n) is 4.84. The van der Waals surface area contributed by atoms with Gasteiger partial charge in [0.05, 0.1) is 17.6 Å². The van der Waals surface area contributed by atoms with Crippen LogP contribution >= 0.6 is 11.8 Å². The van der Waals surface area contributed by atoms with Crippen LogP contribution in [0.25, 0.3) is 21.9 Å². The highest BCUT2D eigenvalue weighted by Gasteiger charge is 2.24. The summed E-state index contributed by atoms with van der Waals surface area (Å²) in [5, 5.41) is 2.85. The molecule has 0 bridgehead atoms. The number of hydrogen-bond acceptors (Lipinski definition) is 5. The highest BCUT2D eigenvalue weighted by atomic mass is 32.2. The molecule has 6 heteroatoms. The lowest BCUT2D eigenvalue weighted by Gasteiger charge is -2.24. The average molecular weight is 444 g/mol. The molecule has 3 heterocycles. The number of para-hydroxylation sites is 1. The van der Waals surface area contributed by atoms with Crippen molar-refractivity contribution in [2.75, 3.05) is 18.8 Å². The lowest BCUT2D eigenvalue weighted by Crippen LogP contribution is -2.18. The standard InChI is InChI=1S/C26H29N5S/c27-25-23-24(21-8-1-2-9-22(21)28-25)31(26(29-23)32-20-6-5-7-20)17-19-12-10-18(11-13-19)16-30-14-3-4-15-30/h1-2,8-13,20H,3-7,14-17H2,(H2,27,28). The van der Waals surface area contributed by atoms with Gasteiger partial charge in [0.15, 0.2) is 11.0 Å². The molecule has 32 heavy (non-hydrogen) atoms. The molecule has 2 aliphatic rings. The number of anilines is 1. The number of nitrogen functional groups attached to an aromatic ring is 1. The first-order valence-electron chi connectivity index (χ1n) is 11.8. The summed E-state index contributed by atoms with van der Waals surface area (Å²) in [6, 6.07) is 17.4. The van der Waals surface area contributed by atoms with Crippen LogP contribution < -0.4 is 5.73 Å². The molecule has 1 aliphatic heterocycles. The van der Waals surface area contributed by atoms with E-state index in [9.17, 15) is 0 Å². The van der Waals surface area contributed by atoms with Crippen molar-refractivity contribution >= 4 is 39.5 Å². The van der Waals surface area contributed by atoms with Gasteiger partial charge in [-0.05, 0) is 56.0 Å². The smallest absolute Gasteiger partial charge is 0.169 e. The maximum absolute atomic E-state index is 6.37. The lowest BCUT2D eigenvalue weighted by atomic mass is 10.0. The van der Waals surface area contributed by atoms with Crippen LogP contribution in [-0.4, -0.2) is 37.8 Å². The number of rotatable bonds is 6. The van der Waals surface area contributed by atoms with Crippen LogP contribution in [0.5, 0.6) is 0 Å². The second kappa shape index (κ2) is 8.41. The maximum Gasteiger partial charge on any atom is 0.169 e. The molecule has 0 amide bonds. The molecule has 1 saturated heterocycles. The fourth-order valence-corrected chi connectivity index (χ4v) is 6.14. The van der Waals surface area contributed by atoms with Crippen LogP contribution in [0.2, 0.25) is 0 Å². The summed E-state index contributed by atoms with van der Waals surface area (Å²) >= 11 is 1.91. The van der Waals surface area contributed by atoms with Crippen LogP contribution in [0.4, 0.5) is 5.82 Å². The van der Waals surface area contributed by atoms with E-state index in [-0.39, 0.29) is 0 Å². The van der Waals surface area contributed by atoms with Crippen molar-refractivity contribution < 1.29 is 0 Å². The van der Waals surface area contributed by atoms with E-state index in [1.54, 1.807) is 0 Å². The van der Waals surface area contributed by atoms with Crippen molar-refractivity contribution in [2.45, 2.75) is 55.6 Å². The largest absolute Gasteiger partial charge is 0.382 e. The van der Waals surface area contributed by atoms with Gasteiger partial charge in [0.1, 0.15) is 5.52 Å². The van der Waals surface area contributed by atoms with Crippen molar-refractivity contribution in [3.8, 4) is 0 Å². The molecule has 6 rings (SSSR count). The SMILES string of the molecule is Nc1nc2ccccc2c2c1nc(SC1CCC1)n2Cc1ccc(CN2CCCC2)cc1. The summed E-state index contributed by atoms with van der Waals surface area (Å²) in [5.74, 6) is 0.522. The Morgan fingerprint density at radius 2 is 1.59 bits per heavy atom. The second-order valence-corrected chi connectivity index (χ2v) is 10.4. The number of nitrogens with zero attached hydrogens (tertiary/aromatic N) is 4. The maximum atomic E-state index is 6.37. The summed E-state index contributed by atoms with van der Waals surface area (Å²) in [6.45, 7) is 4.31. The van der Waals surface area contributed by atoms with Crippen LogP contribution in [0.15, 0.2) is 53.7 Å². The van der Waals surface area contributed by atoms with Crippen molar-refractivity contribution in [2.24, 2.45) is 0 Å². The molecule has 0 atom stereocenters. The lowest BCUT2D eigenvalue weighted by molar-refractivity contribution is 0.331. The Morgan fingerprint density at radius 1 is 0.875 bits per heavy atom. The molecule has 2 fully saturated rings. The van der Waals surface area contributed by atoms with Gasteiger partial charge in [-0.25, -0.2) is 9.97 Å². The molecule has 0 unspecified atom stereocenters. The minimum atomic E-state index is 0.522. The zero-order chi connectivity index (χ0) is 21.5. The van der Waals surface area contributed by atoms with Gasteiger partial charge in [0.25, 0.3) is 0 Å². The summed E-state index contributed by atoms with van der Waals surface area (Å²) in [5.41, 5.74) is 11.9. The molecule has 4 aromatic rings. The molecule has 5 nitrogen and oxygen atoms in total. The Bertz CT molecular complexity index is 1250. The molecular weight excluding hydrogens is 414 g/mol. The highest BCUT2D eigenvalue weighted by molar-refractivity contribution is 7.99. The minimum Gasteiger partial charge on any atom is -0.382 e. The van der Waals surface area contributed by atoms with Gasteiger partial charge < -0.3 is 10.3 Å². The third-order valence-corrected chi connectivity index (χ3v) is 8.20. The first-order valence-corrected chi connectivity index (χ1v) is 12.6. The fraction of sp³-hybridized carbons (Fsp3) is 0.385. The number of aromatic nitrogens is 3. The van der Waals surface area contributed by atoms with E-state index in [0.29, 0.717) is 11.1 Å². The van der Waals surface area contributed by atoms with Crippen LogP contribution in [0, 0.1) is 0 Å². The van der Waals surface area contributed by atoms with Gasteiger partial charge in [-0.2, -0.15) is 0 Å². The Kier molecular flexibility index (Phi) is 5.27. The number of likely N-dealkylation sites (tertiary alicyclic amines) is 1. The van der Waals surface area contributed by atoms with E-state index in [2.05, 4.69) is 50.8 Å². The van der Waals surface area contributed by atoms with Crippen molar-refractivity contribution in [1.29, 1.82) is 0 Å². The predicted molar refractivity (Wildman–Crippen MR) is 133 cm³/mol. The number of benzene rings is 2. The molecule has 1 saturated carbocycles. The third-order valence-electron chi connectivity index (χ3n) is 6.87. The third kappa shape index (κ3) is 3.76. The van der Waals surface area contributed by atoms with Crippen LogP contribution in [0.3, 0.4) is 0 Å². The number of pyridine rings is 1. The zero-order valence-electron chi connectivity index (χ0n) is 18.3. The average Bonchev–Trinajstić information content (AvgIpc) is 3.41. The van der Waals surface area contributed by atoms with Gasteiger partial charge in [-0.3, -0.25) is 4.90 Å². The summed E-state index contributed by atoms with van der Waals surface area (Å²) in [6.07, 6.45) is 6.53. The van der Waals surface area contributed by atoms with Crippen LogP contribution in [0.1, 0.15) is 43.2 Å². The molecule has 164 valence electrons. The Morgan fingerprint density at radius 3 is 2.31 bits per heavy atom. The van der Waals surface area contributed by atoms with Crippen molar-refractivity contribution in [1.82, 2.24) is 19.4 Å². The molecule has 2 aromatic heterocycles. The van der Waals surface area contributed by atoms with Crippen LogP contribution in [-0.2, 0) is 13.1 Å². The summed E-state index contributed by atoms with van der Waals surface area (Å²) in [4.78, 5) is 12.2. The van der Waals surface area contributed by atoms with E-state index in [4.69, 9.17) is 10.7 Å². The van der Waals surface area contributed by atoms with Gasteiger partial charge in [0, 0.05) is 17.2 Å². The van der Waals surface area contributed by atoms with E-state index < -0.39 is 0 Å². The van der Waals surface area contributed by atoms with Gasteiger partial charge in [-0.15, -0.1) is 0 Å². The van der Waals surface area contributed by atoms with E-state index in [1.165, 1.54) is 56.3 Å². The Labute approximate surface area is 193 Å². The normalized spacial score (nSPS) is 17.4.